The molecule has 0 amide bonds. The minimum absolute atomic E-state index is 0.436. The molecule has 5 heteroatoms. The molecule has 1 aromatic heterocycles. The number of aromatic nitrogens is 2. The molecule has 0 bridgehead atoms. The maximum Gasteiger partial charge on any atom is 0.260 e. The maximum atomic E-state index is 12.7. The highest BCUT2D eigenvalue weighted by atomic mass is 19.3. The third-order valence-electron chi connectivity index (χ3n) is 2.72. The zero-order valence-corrected chi connectivity index (χ0v) is 8.22. The number of fused-ring (bicyclic) bond motifs is 1. The lowest BCUT2D eigenvalue weighted by Crippen LogP contribution is -2.28. The van der Waals surface area contributed by atoms with Crippen molar-refractivity contribution in [2.24, 2.45) is 0 Å². The number of aryl methyl sites for hydroxylation is 1. The number of nitrogens with one attached hydrogen (secondary N) is 1. The van der Waals surface area contributed by atoms with Crippen LogP contribution in [0.1, 0.15) is 23.7 Å². The van der Waals surface area contributed by atoms with Crippen LogP contribution in [0.2, 0.25) is 0 Å². The Morgan fingerprint density at radius 1 is 1.50 bits per heavy atom. The lowest BCUT2D eigenvalue weighted by atomic mass is 10.1. The van der Waals surface area contributed by atoms with Crippen molar-refractivity contribution >= 4 is 5.82 Å². The molecule has 0 fully saturated rings. The van der Waals surface area contributed by atoms with E-state index >= 15 is 0 Å². The molecule has 1 N–H and O–H groups in total. The van der Waals surface area contributed by atoms with Gasteiger partial charge in [0.05, 0.1) is 5.69 Å². The first-order chi connectivity index (χ1) is 6.61. The van der Waals surface area contributed by atoms with Gasteiger partial charge in [-0.3, -0.25) is 0 Å². The SMILES string of the molecule is Cc1nn2c(c1C)NCCC2C(F)F. The van der Waals surface area contributed by atoms with Gasteiger partial charge < -0.3 is 5.32 Å². The third-order valence-corrected chi connectivity index (χ3v) is 2.72. The topological polar surface area (TPSA) is 29.9 Å². The molecule has 14 heavy (non-hydrogen) atoms. The number of nitrogens with zero attached hydrogens (tertiary/aromatic N) is 2. The molecule has 1 aliphatic rings. The minimum Gasteiger partial charge on any atom is -0.370 e. The number of rotatable bonds is 1. The van der Waals surface area contributed by atoms with Crippen LogP contribution in [-0.4, -0.2) is 22.8 Å². The van der Waals surface area contributed by atoms with E-state index in [2.05, 4.69) is 10.4 Å². The fraction of sp³-hybridized carbons (Fsp3) is 0.667. The summed E-state index contributed by atoms with van der Waals surface area (Å²) in [6.45, 7) is 4.33. The first-order valence-electron chi connectivity index (χ1n) is 4.69. The van der Waals surface area contributed by atoms with E-state index in [0.717, 1.165) is 17.1 Å². The fourth-order valence-corrected chi connectivity index (χ4v) is 1.78. The van der Waals surface area contributed by atoms with Crippen molar-refractivity contribution in [3.8, 4) is 0 Å². The summed E-state index contributed by atoms with van der Waals surface area (Å²) >= 11 is 0. The standard InChI is InChI=1S/C9H13F2N3/c1-5-6(2)13-14-7(8(10)11)3-4-12-9(5)14/h7-8,12H,3-4H2,1-2H3. The van der Waals surface area contributed by atoms with Gasteiger partial charge >= 0.3 is 0 Å². The molecule has 0 saturated carbocycles. The lowest BCUT2D eigenvalue weighted by molar-refractivity contribution is 0.0714. The van der Waals surface area contributed by atoms with Gasteiger partial charge in [0, 0.05) is 12.1 Å². The first-order valence-corrected chi connectivity index (χ1v) is 4.69. The number of hydrogen-bond donors (Lipinski definition) is 1. The molecule has 3 nitrogen and oxygen atoms in total. The van der Waals surface area contributed by atoms with Crippen molar-refractivity contribution in [2.75, 3.05) is 11.9 Å². The van der Waals surface area contributed by atoms with Gasteiger partial charge in [0.2, 0.25) is 0 Å². The van der Waals surface area contributed by atoms with Gasteiger partial charge in [-0.25, -0.2) is 13.5 Å². The predicted octanol–water partition coefficient (Wildman–Crippen LogP) is 2.12. The second-order valence-corrected chi connectivity index (χ2v) is 3.62. The molecule has 0 aliphatic carbocycles. The molecule has 0 aromatic carbocycles. The molecule has 0 radical (unpaired) electrons. The molecule has 78 valence electrons. The zero-order valence-electron chi connectivity index (χ0n) is 8.22. The molecular formula is C9H13F2N3. The molecule has 1 aromatic rings. The average Bonchev–Trinajstić information content (AvgIpc) is 2.43. The summed E-state index contributed by atoms with van der Waals surface area (Å²) in [5.41, 5.74) is 1.79. The molecule has 1 aliphatic heterocycles. The first kappa shape index (κ1) is 9.43. The van der Waals surface area contributed by atoms with Gasteiger partial charge in [-0.1, -0.05) is 0 Å². The zero-order chi connectivity index (χ0) is 10.3. The minimum atomic E-state index is -2.34. The van der Waals surface area contributed by atoms with Crippen molar-refractivity contribution in [1.82, 2.24) is 9.78 Å². The van der Waals surface area contributed by atoms with Crippen LogP contribution >= 0.6 is 0 Å². The van der Waals surface area contributed by atoms with Crippen molar-refractivity contribution < 1.29 is 8.78 Å². The summed E-state index contributed by atoms with van der Waals surface area (Å²) in [6, 6.07) is -0.765. The Labute approximate surface area is 81.1 Å². The summed E-state index contributed by atoms with van der Waals surface area (Å²) in [5.74, 6) is 0.749. The van der Waals surface area contributed by atoms with Gasteiger partial charge in [0.1, 0.15) is 11.9 Å². The van der Waals surface area contributed by atoms with E-state index in [1.54, 1.807) is 0 Å². The van der Waals surface area contributed by atoms with E-state index in [9.17, 15) is 8.78 Å². The fourth-order valence-electron chi connectivity index (χ4n) is 1.78. The normalized spacial score (nSPS) is 20.8. The predicted molar refractivity (Wildman–Crippen MR) is 49.8 cm³/mol. The lowest BCUT2D eigenvalue weighted by Gasteiger charge is -2.25. The van der Waals surface area contributed by atoms with Gasteiger partial charge in [0.15, 0.2) is 0 Å². The van der Waals surface area contributed by atoms with Gasteiger partial charge in [-0.2, -0.15) is 5.10 Å². The van der Waals surface area contributed by atoms with Gasteiger partial charge in [0.25, 0.3) is 6.43 Å². The van der Waals surface area contributed by atoms with Crippen molar-refractivity contribution in [1.29, 1.82) is 0 Å². The average molecular weight is 201 g/mol. The highest BCUT2D eigenvalue weighted by Gasteiger charge is 2.29. The van der Waals surface area contributed by atoms with Crippen LogP contribution in [0.15, 0.2) is 0 Å². The van der Waals surface area contributed by atoms with E-state index < -0.39 is 12.5 Å². The van der Waals surface area contributed by atoms with E-state index in [-0.39, 0.29) is 0 Å². The summed E-state index contributed by atoms with van der Waals surface area (Å²) in [4.78, 5) is 0. The monoisotopic (exact) mass is 201 g/mol. The van der Waals surface area contributed by atoms with E-state index in [1.165, 1.54) is 4.68 Å². The Bertz CT molecular complexity index is 346. The summed E-state index contributed by atoms with van der Waals surface area (Å²) in [5, 5.41) is 7.23. The van der Waals surface area contributed by atoms with Crippen molar-refractivity contribution in [3.63, 3.8) is 0 Å². The second kappa shape index (κ2) is 3.22. The quantitative estimate of drug-likeness (QED) is 0.754. The molecule has 0 saturated heterocycles. The summed E-state index contributed by atoms with van der Waals surface area (Å²) in [7, 11) is 0. The van der Waals surface area contributed by atoms with Crippen LogP contribution in [0.25, 0.3) is 0 Å². The second-order valence-electron chi connectivity index (χ2n) is 3.62. The Balaban J connectivity index is 2.45. The van der Waals surface area contributed by atoms with Crippen molar-refractivity contribution in [3.05, 3.63) is 11.3 Å². The van der Waals surface area contributed by atoms with E-state index in [1.807, 2.05) is 13.8 Å². The molecule has 1 atom stereocenters. The van der Waals surface area contributed by atoms with Crippen LogP contribution in [0, 0.1) is 13.8 Å². The number of alkyl halides is 2. The van der Waals surface area contributed by atoms with Crippen molar-refractivity contribution in [2.45, 2.75) is 32.7 Å². The Hall–Kier alpha value is -1.13. The highest BCUT2D eigenvalue weighted by Crippen LogP contribution is 2.31. The number of halogens is 2. The molecular weight excluding hydrogens is 188 g/mol. The number of anilines is 1. The van der Waals surface area contributed by atoms with Crippen LogP contribution in [0.5, 0.6) is 0 Å². The van der Waals surface area contributed by atoms with Crippen LogP contribution in [0.3, 0.4) is 0 Å². The highest BCUT2D eigenvalue weighted by molar-refractivity contribution is 5.48. The Kier molecular flexibility index (Phi) is 2.17. The van der Waals surface area contributed by atoms with Gasteiger partial charge in [-0.15, -0.1) is 0 Å². The molecule has 0 spiro atoms. The maximum absolute atomic E-state index is 12.7. The number of hydrogen-bond acceptors (Lipinski definition) is 2. The van der Waals surface area contributed by atoms with Gasteiger partial charge in [-0.05, 0) is 20.3 Å². The Morgan fingerprint density at radius 2 is 2.21 bits per heavy atom. The Morgan fingerprint density at radius 3 is 2.86 bits per heavy atom. The van der Waals surface area contributed by atoms with E-state index in [4.69, 9.17) is 0 Å². The summed E-state index contributed by atoms with van der Waals surface area (Å²) < 4.78 is 26.7. The molecule has 2 rings (SSSR count). The van der Waals surface area contributed by atoms with E-state index in [0.29, 0.717) is 13.0 Å². The van der Waals surface area contributed by atoms with Crippen LogP contribution in [-0.2, 0) is 0 Å². The molecule has 2 heterocycles. The molecule has 1 unspecified atom stereocenters. The third kappa shape index (κ3) is 1.27. The summed E-state index contributed by atoms with van der Waals surface area (Å²) in [6.07, 6.45) is -1.90. The smallest absolute Gasteiger partial charge is 0.260 e. The van der Waals surface area contributed by atoms with Crippen LogP contribution in [0.4, 0.5) is 14.6 Å². The van der Waals surface area contributed by atoms with Crippen LogP contribution < -0.4 is 5.32 Å². The largest absolute Gasteiger partial charge is 0.370 e.